The van der Waals surface area contributed by atoms with E-state index in [0.717, 1.165) is 24.3 Å². The maximum atomic E-state index is 11.4. The maximum absolute atomic E-state index is 11.4. The molecule has 0 fully saturated rings. The monoisotopic (exact) mass is 427 g/mol. The predicted octanol–water partition coefficient (Wildman–Crippen LogP) is 4.32. The summed E-state index contributed by atoms with van der Waals surface area (Å²) >= 11 is 0. The van der Waals surface area contributed by atoms with E-state index in [1.165, 1.54) is 19.1 Å². The van der Waals surface area contributed by atoms with E-state index in [1.54, 1.807) is 31.4 Å². The topological polar surface area (TPSA) is 116 Å². The summed E-state index contributed by atoms with van der Waals surface area (Å²) in [4.78, 5) is 33.4. The third-order valence-corrected chi connectivity index (χ3v) is 4.17. The molecule has 0 aliphatic carbocycles. The van der Waals surface area contributed by atoms with Crippen LogP contribution in [0.5, 0.6) is 11.5 Å². The number of nitrogens with two attached hydrogens (primary N) is 1. The molecule has 0 saturated carbocycles. The van der Waals surface area contributed by atoms with Crippen LogP contribution >= 0.6 is 0 Å². The average molecular weight is 427 g/mol. The fraction of sp³-hybridized carbons (Fsp3) is 0.292. The Bertz CT molecular complexity index is 872. The van der Waals surface area contributed by atoms with Crippen molar-refractivity contribution in [3.05, 3.63) is 66.2 Å². The Kier molecular flexibility index (Phi) is 11.1. The van der Waals surface area contributed by atoms with E-state index >= 15 is 0 Å². The molecule has 0 aliphatic heterocycles. The highest BCUT2D eigenvalue weighted by Gasteiger charge is 2.13. The molecule has 0 saturated heterocycles. The number of benzene rings is 2. The SMILES string of the molecule is C=C(C)C(=O)C(=O)CCCCCOc1ccc(C(=O)O)cc1.COc1ccc(N)cc1. The second-order valence-electron chi connectivity index (χ2n) is 6.79. The van der Waals surface area contributed by atoms with Crippen molar-refractivity contribution in [2.24, 2.45) is 0 Å². The average Bonchev–Trinajstić information content (AvgIpc) is 2.76. The third-order valence-electron chi connectivity index (χ3n) is 4.17. The van der Waals surface area contributed by atoms with Crippen LogP contribution in [0.15, 0.2) is 60.7 Å². The summed E-state index contributed by atoms with van der Waals surface area (Å²) in [5, 5.41) is 8.77. The van der Waals surface area contributed by atoms with Gasteiger partial charge in [-0.1, -0.05) is 6.58 Å². The Morgan fingerprint density at radius 3 is 2.03 bits per heavy atom. The number of nitrogen functional groups attached to an aromatic ring is 1. The van der Waals surface area contributed by atoms with Gasteiger partial charge < -0.3 is 20.3 Å². The van der Waals surface area contributed by atoms with Gasteiger partial charge in [-0.15, -0.1) is 0 Å². The highest BCUT2D eigenvalue weighted by atomic mass is 16.5. The second kappa shape index (κ2) is 13.6. The zero-order valence-electron chi connectivity index (χ0n) is 17.9. The van der Waals surface area contributed by atoms with Crippen molar-refractivity contribution < 1.29 is 29.0 Å². The van der Waals surface area contributed by atoms with Gasteiger partial charge in [-0.05, 0) is 80.3 Å². The molecule has 2 aromatic carbocycles. The van der Waals surface area contributed by atoms with Crippen LogP contribution in [0.3, 0.4) is 0 Å². The fourth-order valence-corrected chi connectivity index (χ4v) is 2.40. The number of hydrogen-bond acceptors (Lipinski definition) is 6. The van der Waals surface area contributed by atoms with Crippen molar-refractivity contribution in [1.82, 2.24) is 0 Å². The quantitative estimate of drug-likeness (QED) is 0.237. The van der Waals surface area contributed by atoms with Gasteiger partial charge in [-0.2, -0.15) is 0 Å². The van der Waals surface area contributed by atoms with E-state index in [9.17, 15) is 14.4 Å². The molecule has 0 spiro atoms. The molecule has 2 aromatic rings. The number of aromatic carboxylic acids is 1. The van der Waals surface area contributed by atoms with Gasteiger partial charge in [0.05, 0.1) is 19.3 Å². The fourth-order valence-electron chi connectivity index (χ4n) is 2.40. The second-order valence-corrected chi connectivity index (χ2v) is 6.79. The van der Waals surface area contributed by atoms with Gasteiger partial charge in [0, 0.05) is 12.1 Å². The number of carboxylic acids is 1. The Labute approximate surface area is 182 Å². The van der Waals surface area contributed by atoms with E-state index in [4.69, 9.17) is 20.3 Å². The van der Waals surface area contributed by atoms with Crippen LogP contribution in [0.4, 0.5) is 5.69 Å². The Balaban J connectivity index is 0.000000442. The standard InChI is InChI=1S/C17H20O5.C7H9NO/c1-12(2)16(19)15(18)6-4-3-5-11-22-14-9-7-13(8-10-14)17(20)21;1-9-7-4-2-6(8)3-5-7/h7-10H,1,3-6,11H2,2H3,(H,20,21);2-5H,8H2,1H3. The lowest BCUT2D eigenvalue weighted by Crippen LogP contribution is -2.13. The summed E-state index contributed by atoms with van der Waals surface area (Å²) in [5.41, 5.74) is 6.68. The Morgan fingerprint density at radius 1 is 0.935 bits per heavy atom. The minimum absolute atomic E-state index is 0.216. The molecule has 0 atom stereocenters. The molecule has 166 valence electrons. The van der Waals surface area contributed by atoms with Gasteiger partial charge in [0.25, 0.3) is 0 Å². The first-order valence-electron chi connectivity index (χ1n) is 9.83. The predicted molar refractivity (Wildman–Crippen MR) is 120 cm³/mol. The zero-order chi connectivity index (χ0) is 23.2. The summed E-state index contributed by atoms with van der Waals surface area (Å²) in [6.07, 6.45) is 2.41. The summed E-state index contributed by atoms with van der Waals surface area (Å²) in [5.74, 6) is -0.407. The van der Waals surface area contributed by atoms with E-state index in [1.807, 2.05) is 12.1 Å². The van der Waals surface area contributed by atoms with Crippen LogP contribution in [-0.4, -0.2) is 36.4 Å². The summed E-state index contributed by atoms with van der Waals surface area (Å²) < 4.78 is 10.4. The molecule has 0 radical (unpaired) electrons. The number of rotatable bonds is 11. The highest BCUT2D eigenvalue weighted by molar-refractivity contribution is 6.43. The summed E-state index contributed by atoms with van der Waals surface area (Å²) in [6, 6.07) is 13.5. The number of Topliss-reactive ketones (excluding diaryl/α,β-unsaturated/α-hetero) is 2. The lowest BCUT2D eigenvalue weighted by atomic mass is 10.1. The van der Waals surface area contributed by atoms with Gasteiger partial charge in [0.15, 0.2) is 0 Å². The molecule has 3 N–H and O–H groups in total. The van der Waals surface area contributed by atoms with Gasteiger partial charge >= 0.3 is 5.97 Å². The molecule has 31 heavy (non-hydrogen) atoms. The van der Waals surface area contributed by atoms with Crippen LogP contribution in [0.2, 0.25) is 0 Å². The first-order chi connectivity index (χ1) is 14.7. The Morgan fingerprint density at radius 2 is 1.52 bits per heavy atom. The number of unbranched alkanes of at least 4 members (excludes halogenated alkanes) is 2. The van der Waals surface area contributed by atoms with Crippen molar-refractivity contribution in [1.29, 1.82) is 0 Å². The number of hydrogen-bond donors (Lipinski definition) is 2. The van der Waals surface area contributed by atoms with Crippen molar-refractivity contribution in [2.75, 3.05) is 19.5 Å². The molecule has 0 aliphatic rings. The number of ether oxygens (including phenoxy) is 2. The first kappa shape index (κ1) is 25.4. The molecular weight excluding hydrogens is 398 g/mol. The summed E-state index contributed by atoms with van der Waals surface area (Å²) in [7, 11) is 1.63. The molecule has 0 heterocycles. The largest absolute Gasteiger partial charge is 0.497 e. The van der Waals surface area contributed by atoms with Crippen LogP contribution in [-0.2, 0) is 9.59 Å². The maximum Gasteiger partial charge on any atom is 0.335 e. The highest BCUT2D eigenvalue weighted by Crippen LogP contribution is 2.13. The van der Waals surface area contributed by atoms with Crippen molar-refractivity contribution in [3.63, 3.8) is 0 Å². The number of ketones is 2. The molecule has 0 amide bonds. The smallest absolute Gasteiger partial charge is 0.335 e. The third kappa shape index (κ3) is 10.1. The van der Waals surface area contributed by atoms with Crippen molar-refractivity contribution in [2.45, 2.75) is 32.6 Å². The van der Waals surface area contributed by atoms with Gasteiger partial charge in [0.1, 0.15) is 11.5 Å². The van der Waals surface area contributed by atoms with Crippen LogP contribution in [0.1, 0.15) is 43.0 Å². The molecular formula is C24H29NO6. The van der Waals surface area contributed by atoms with E-state index in [0.29, 0.717) is 18.8 Å². The number of carbonyl (C=O) groups is 3. The molecule has 0 unspecified atom stereocenters. The molecule has 7 heteroatoms. The number of carboxylic acid groups (broad SMARTS) is 1. The van der Waals surface area contributed by atoms with Crippen LogP contribution in [0.25, 0.3) is 0 Å². The van der Waals surface area contributed by atoms with E-state index in [-0.39, 0.29) is 17.6 Å². The van der Waals surface area contributed by atoms with Crippen molar-refractivity contribution >= 4 is 23.2 Å². The lowest BCUT2D eigenvalue weighted by Gasteiger charge is -2.06. The number of carbonyl (C=O) groups excluding carboxylic acids is 2. The zero-order valence-corrected chi connectivity index (χ0v) is 17.9. The summed E-state index contributed by atoms with van der Waals surface area (Å²) in [6.45, 7) is 5.47. The van der Waals surface area contributed by atoms with Gasteiger partial charge in [0.2, 0.25) is 11.6 Å². The lowest BCUT2D eigenvalue weighted by molar-refractivity contribution is -0.134. The van der Waals surface area contributed by atoms with Gasteiger partial charge in [-0.3, -0.25) is 9.59 Å². The molecule has 0 aromatic heterocycles. The molecule has 7 nitrogen and oxygen atoms in total. The molecule has 2 rings (SSSR count). The Hall–Kier alpha value is -3.61. The van der Waals surface area contributed by atoms with E-state index < -0.39 is 17.5 Å². The van der Waals surface area contributed by atoms with E-state index in [2.05, 4.69) is 6.58 Å². The minimum atomic E-state index is -0.972. The normalized spacial score (nSPS) is 9.74. The number of methoxy groups -OCH3 is 1. The number of allylic oxidation sites excluding steroid dienone is 1. The van der Waals surface area contributed by atoms with Crippen molar-refractivity contribution in [3.8, 4) is 11.5 Å². The van der Waals surface area contributed by atoms with Gasteiger partial charge in [-0.25, -0.2) is 4.79 Å². The molecule has 0 bridgehead atoms. The van der Waals surface area contributed by atoms with Crippen LogP contribution < -0.4 is 15.2 Å². The first-order valence-corrected chi connectivity index (χ1v) is 9.83. The minimum Gasteiger partial charge on any atom is -0.497 e. The number of anilines is 1. The van der Waals surface area contributed by atoms with Crippen LogP contribution in [0, 0.1) is 0 Å².